The number of amides is 1. The second-order valence-corrected chi connectivity index (χ2v) is 9.00. The lowest BCUT2D eigenvalue weighted by Crippen LogP contribution is -2.39. The number of rotatable bonds is 6. The number of aromatic nitrogens is 1. The molecule has 2 saturated heterocycles. The molecule has 174 valence electrons. The molecule has 5 rings (SSSR count). The summed E-state index contributed by atoms with van der Waals surface area (Å²) in [5.74, 6) is 1.32. The number of Topliss-reactive ketones (excluding diaryl/α,β-unsaturated/α-hetero) is 2. The molecule has 1 aromatic carbocycles. The van der Waals surface area contributed by atoms with Gasteiger partial charge in [0, 0.05) is 36.3 Å². The van der Waals surface area contributed by atoms with Crippen LogP contribution in [0, 0.1) is 5.92 Å². The Hall–Kier alpha value is -3.13. The molecule has 0 atom stereocenters. The Morgan fingerprint density at radius 1 is 0.909 bits per heavy atom. The zero-order valence-corrected chi connectivity index (χ0v) is 18.7. The van der Waals surface area contributed by atoms with E-state index < -0.39 is 0 Å². The number of piperidine rings is 1. The highest BCUT2D eigenvalue weighted by Gasteiger charge is 2.28. The molecule has 0 spiro atoms. The number of nitrogens with one attached hydrogen (secondary N) is 1. The van der Waals surface area contributed by atoms with Crippen LogP contribution in [0.1, 0.15) is 56.9 Å². The van der Waals surface area contributed by atoms with Crippen molar-refractivity contribution in [2.45, 2.75) is 25.7 Å². The molecule has 0 saturated carbocycles. The lowest BCUT2D eigenvalue weighted by atomic mass is 9.88. The van der Waals surface area contributed by atoms with Gasteiger partial charge < -0.3 is 19.4 Å². The first-order valence-corrected chi connectivity index (χ1v) is 11.8. The first kappa shape index (κ1) is 21.7. The fraction of sp³-hybridized carbons (Fsp3) is 0.480. The van der Waals surface area contributed by atoms with Crippen LogP contribution in [0.3, 0.4) is 0 Å². The van der Waals surface area contributed by atoms with E-state index in [0.717, 1.165) is 25.9 Å². The molecule has 2 aromatic rings. The largest absolute Gasteiger partial charge is 0.486 e. The third-order valence-corrected chi connectivity index (χ3v) is 6.78. The molecule has 0 bridgehead atoms. The minimum Gasteiger partial charge on any atom is -0.486 e. The van der Waals surface area contributed by atoms with E-state index in [-0.39, 0.29) is 23.4 Å². The zero-order chi connectivity index (χ0) is 22.8. The van der Waals surface area contributed by atoms with Gasteiger partial charge in [-0.15, -0.1) is 0 Å². The maximum absolute atomic E-state index is 13.0. The molecule has 3 aliphatic rings. The van der Waals surface area contributed by atoms with Crippen molar-refractivity contribution in [3.8, 4) is 11.5 Å². The van der Waals surface area contributed by atoms with Crippen LogP contribution in [0.2, 0.25) is 0 Å². The van der Waals surface area contributed by atoms with Gasteiger partial charge in [0.2, 0.25) is 0 Å². The van der Waals surface area contributed by atoms with Crippen LogP contribution in [0.25, 0.3) is 0 Å². The summed E-state index contributed by atoms with van der Waals surface area (Å²) < 4.78 is 11.1. The van der Waals surface area contributed by atoms with Crippen molar-refractivity contribution >= 4 is 17.5 Å². The van der Waals surface area contributed by atoms with Crippen LogP contribution < -0.4 is 9.47 Å². The first-order chi connectivity index (χ1) is 16.1. The molecule has 1 amide bonds. The average Bonchev–Trinajstić information content (AvgIpc) is 3.56. The fourth-order valence-corrected chi connectivity index (χ4v) is 4.85. The quantitative estimate of drug-likeness (QED) is 0.679. The standard InChI is InChI=1S/C25H29N3O5/c29-21(19-13-20(26-15-19)25(31)28-7-1-2-8-28)16-27-9-5-17(6-10-27)24(30)18-3-4-22-23(14-18)33-12-11-32-22/h3-4,13-15,17,26H,1-2,5-12,16H2. The number of hydrogen-bond donors (Lipinski definition) is 1. The van der Waals surface area contributed by atoms with Gasteiger partial charge in [-0.05, 0) is 63.0 Å². The third-order valence-electron chi connectivity index (χ3n) is 6.78. The fourth-order valence-electron chi connectivity index (χ4n) is 4.85. The highest BCUT2D eigenvalue weighted by atomic mass is 16.6. The van der Waals surface area contributed by atoms with Crippen molar-refractivity contribution in [3.63, 3.8) is 0 Å². The number of carbonyl (C=O) groups excluding carboxylic acids is 3. The lowest BCUT2D eigenvalue weighted by molar-refractivity contribution is 0.0785. The van der Waals surface area contributed by atoms with Crippen LogP contribution in [-0.4, -0.2) is 78.2 Å². The minimum absolute atomic E-state index is 0.0108. The van der Waals surface area contributed by atoms with Crippen molar-refractivity contribution in [1.82, 2.24) is 14.8 Å². The second-order valence-electron chi connectivity index (χ2n) is 9.00. The van der Waals surface area contributed by atoms with Gasteiger partial charge >= 0.3 is 0 Å². The van der Waals surface area contributed by atoms with Gasteiger partial charge in [-0.25, -0.2) is 0 Å². The van der Waals surface area contributed by atoms with E-state index in [1.54, 1.807) is 30.5 Å². The second kappa shape index (κ2) is 9.39. The molecule has 8 heteroatoms. The summed E-state index contributed by atoms with van der Waals surface area (Å²) in [4.78, 5) is 45.1. The lowest BCUT2D eigenvalue weighted by Gasteiger charge is -2.30. The number of carbonyl (C=O) groups is 3. The van der Waals surface area contributed by atoms with Crippen LogP contribution in [-0.2, 0) is 0 Å². The Balaban J connectivity index is 1.13. The molecule has 8 nitrogen and oxygen atoms in total. The van der Waals surface area contributed by atoms with Crippen LogP contribution in [0.5, 0.6) is 11.5 Å². The first-order valence-electron chi connectivity index (χ1n) is 11.8. The van der Waals surface area contributed by atoms with Crippen LogP contribution >= 0.6 is 0 Å². The summed E-state index contributed by atoms with van der Waals surface area (Å²) in [5.41, 5.74) is 1.66. The summed E-state index contributed by atoms with van der Waals surface area (Å²) in [5, 5.41) is 0. The molecule has 1 aromatic heterocycles. The molecule has 3 aliphatic heterocycles. The summed E-state index contributed by atoms with van der Waals surface area (Å²) in [6.45, 7) is 4.25. The van der Waals surface area contributed by atoms with Crippen molar-refractivity contribution in [2.24, 2.45) is 5.92 Å². The number of H-pyrrole nitrogens is 1. The molecular formula is C25H29N3O5. The van der Waals surface area contributed by atoms with Crippen molar-refractivity contribution in [1.29, 1.82) is 0 Å². The summed E-state index contributed by atoms with van der Waals surface area (Å²) in [6, 6.07) is 7.05. The van der Waals surface area contributed by atoms with Crippen molar-refractivity contribution in [2.75, 3.05) is 45.9 Å². The Morgan fingerprint density at radius 3 is 2.39 bits per heavy atom. The summed E-state index contributed by atoms with van der Waals surface area (Å²) in [7, 11) is 0. The van der Waals surface area contributed by atoms with Gasteiger partial charge in [0.1, 0.15) is 18.9 Å². The number of likely N-dealkylation sites (tertiary alicyclic amines) is 2. The Morgan fingerprint density at radius 2 is 1.64 bits per heavy atom. The number of ether oxygens (including phenoxy) is 2. The predicted octanol–water partition coefficient (Wildman–Crippen LogP) is 2.80. The number of benzene rings is 1. The van der Waals surface area contributed by atoms with Gasteiger partial charge in [-0.1, -0.05) is 0 Å². The minimum atomic E-state index is -0.0594. The van der Waals surface area contributed by atoms with Crippen LogP contribution in [0.4, 0.5) is 0 Å². The normalized spacial score (nSPS) is 19.0. The molecule has 0 radical (unpaired) electrons. The average molecular weight is 452 g/mol. The van der Waals surface area contributed by atoms with E-state index in [0.29, 0.717) is 74.0 Å². The highest BCUT2D eigenvalue weighted by Crippen LogP contribution is 2.32. The molecule has 2 fully saturated rings. The maximum atomic E-state index is 13.0. The van der Waals surface area contributed by atoms with E-state index in [1.807, 2.05) is 4.90 Å². The Labute approximate surface area is 192 Å². The van der Waals surface area contributed by atoms with Crippen molar-refractivity contribution < 1.29 is 23.9 Å². The van der Waals surface area contributed by atoms with Gasteiger partial charge in [-0.2, -0.15) is 0 Å². The topological polar surface area (TPSA) is 91.9 Å². The predicted molar refractivity (Wildman–Crippen MR) is 121 cm³/mol. The van der Waals surface area contributed by atoms with Gasteiger partial charge in [0.15, 0.2) is 23.1 Å². The maximum Gasteiger partial charge on any atom is 0.270 e. The van der Waals surface area contributed by atoms with Gasteiger partial charge in [0.25, 0.3) is 5.91 Å². The van der Waals surface area contributed by atoms with Crippen molar-refractivity contribution in [3.05, 3.63) is 47.3 Å². The molecule has 0 aliphatic carbocycles. The van der Waals surface area contributed by atoms with E-state index in [1.165, 1.54) is 0 Å². The third kappa shape index (κ3) is 4.66. The number of fused-ring (bicyclic) bond motifs is 1. The Bertz CT molecular complexity index is 1050. The smallest absolute Gasteiger partial charge is 0.270 e. The van der Waals surface area contributed by atoms with E-state index in [2.05, 4.69) is 9.88 Å². The monoisotopic (exact) mass is 451 g/mol. The van der Waals surface area contributed by atoms with Crippen LogP contribution in [0.15, 0.2) is 30.5 Å². The summed E-state index contributed by atoms with van der Waals surface area (Å²) in [6.07, 6.45) is 5.12. The molecule has 1 N–H and O–H groups in total. The number of ketones is 2. The summed E-state index contributed by atoms with van der Waals surface area (Å²) >= 11 is 0. The van der Waals surface area contributed by atoms with Gasteiger partial charge in [0.05, 0.1) is 6.54 Å². The molecule has 0 unspecified atom stereocenters. The van der Waals surface area contributed by atoms with E-state index in [9.17, 15) is 14.4 Å². The Kier molecular flexibility index (Phi) is 6.17. The molecular weight excluding hydrogens is 422 g/mol. The number of aromatic amines is 1. The molecule has 4 heterocycles. The van der Waals surface area contributed by atoms with Gasteiger partial charge in [-0.3, -0.25) is 19.3 Å². The number of hydrogen-bond acceptors (Lipinski definition) is 6. The molecule has 33 heavy (non-hydrogen) atoms. The zero-order valence-electron chi connectivity index (χ0n) is 18.7. The highest BCUT2D eigenvalue weighted by molar-refractivity contribution is 6.01. The van der Waals surface area contributed by atoms with E-state index >= 15 is 0 Å². The van der Waals surface area contributed by atoms with E-state index in [4.69, 9.17) is 9.47 Å². The number of nitrogens with zero attached hydrogens (tertiary/aromatic N) is 2. The SMILES string of the molecule is O=C(CN1CCC(C(=O)c2ccc3c(c2)OCCO3)CC1)c1c[nH]c(C(=O)N2CCCC2)c1.